The number of aromatic amines is 1. The van der Waals surface area contributed by atoms with E-state index in [4.69, 9.17) is 16.1 Å². The Morgan fingerprint density at radius 1 is 1.35 bits per heavy atom. The highest BCUT2D eigenvalue weighted by atomic mass is 35.5. The van der Waals surface area contributed by atoms with E-state index >= 15 is 0 Å². The lowest BCUT2D eigenvalue weighted by Gasteiger charge is -1.92. The van der Waals surface area contributed by atoms with E-state index in [1.54, 1.807) is 10.9 Å². The van der Waals surface area contributed by atoms with Crippen LogP contribution < -0.4 is 0 Å². The van der Waals surface area contributed by atoms with Gasteiger partial charge in [-0.15, -0.1) is 0 Å². The van der Waals surface area contributed by atoms with Crippen molar-refractivity contribution in [2.45, 2.75) is 13.3 Å². The van der Waals surface area contributed by atoms with Gasteiger partial charge in [-0.05, 0) is 24.6 Å². The van der Waals surface area contributed by atoms with Crippen molar-refractivity contribution < 1.29 is 4.52 Å². The molecule has 0 aliphatic carbocycles. The average molecular weight is 328 g/mol. The van der Waals surface area contributed by atoms with Crippen molar-refractivity contribution in [2.75, 3.05) is 0 Å². The van der Waals surface area contributed by atoms with Crippen LogP contribution in [0.1, 0.15) is 17.0 Å². The Balaban J connectivity index is 1.70. The van der Waals surface area contributed by atoms with Crippen molar-refractivity contribution in [2.24, 2.45) is 7.05 Å². The molecule has 3 heterocycles. The largest absolute Gasteiger partial charge is 0.349 e. The molecule has 4 aromatic rings. The van der Waals surface area contributed by atoms with Crippen LogP contribution in [0.25, 0.3) is 22.5 Å². The summed E-state index contributed by atoms with van der Waals surface area (Å²) in [5.41, 5.74) is 3.77. The van der Waals surface area contributed by atoms with Gasteiger partial charge in [0.2, 0.25) is 0 Å². The minimum absolute atomic E-state index is 0.391. The Kier molecular flexibility index (Phi) is 3.20. The molecule has 7 heteroatoms. The number of aryl methyl sites for hydroxylation is 2. The fraction of sp³-hybridized carbons (Fsp3) is 0.188. The van der Waals surface area contributed by atoms with Crippen molar-refractivity contribution in [3.8, 4) is 11.6 Å². The van der Waals surface area contributed by atoms with Crippen LogP contribution in [0.5, 0.6) is 0 Å². The number of benzene rings is 1. The zero-order chi connectivity index (χ0) is 16.0. The van der Waals surface area contributed by atoms with Crippen LogP contribution in [-0.4, -0.2) is 24.9 Å². The number of hydrogen-bond acceptors (Lipinski definition) is 4. The number of halogens is 1. The molecule has 0 atom stereocenters. The van der Waals surface area contributed by atoms with Crippen LogP contribution in [-0.2, 0) is 13.5 Å². The number of nitrogens with one attached hydrogen (secondary N) is 1. The number of rotatable bonds is 3. The molecule has 4 rings (SSSR count). The van der Waals surface area contributed by atoms with Crippen molar-refractivity contribution in [3.05, 3.63) is 52.6 Å². The van der Waals surface area contributed by atoms with Crippen molar-refractivity contribution in [3.63, 3.8) is 0 Å². The van der Waals surface area contributed by atoms with Gasteiger partial charge in [-0.25, -0.2) is 0 Å². The molecule has 23 heavy (non-hydrogen) atoms. The average Bonchev–Trinajstić information content (AvgIpc) is 3.21. The molecular weight excluding hydrogens is 314 g/mol. The van der Waals surface area contributed by atoms with Crippen LogP contribution in [0, 0.1) is 6.92 Å². The summed E-state index contributed by atoms with van der Waals surface area (Å²) >= 11 is 6.46. The molecule has 0 saturated heterocycles. The zero-order valence-electron chi connectivity index (χ0n) is 12.7. The highest BCUT2D eigenvalue weighted by molar-refractivity contribution is 6.38. The molecule has 3 aromatic heterocycles. The maximum Gasteiger partial charge on any atom is 0.275 e. The van der Waals surface area contributed by atoms with E-state index in [-0.39, 0.29) is 0 Å². The minimum atomic E-state index is 0.391. The van der Waals surface area contributed by atoms with E-state index in [0.29, 0.717) is 28.9 Å². The second-order valence-electron chi connectivity index (χ2n) is 5.58. The van der Waals surface area contributed by atoms with E-state index in [0.717, 1.165) is 22.0 Å². The van der Waals surface area contributed by atoms with E-state index in [1.165, 1.54) is 0 Å². The SMILES string of the molecule is Cc1ccc2[nH]c(-c3nc(Cc4cnn(C)c4)no3)c(Cl)c2c1. The third kappa shape index (κ3) is 2.51. The lowest BCUT2D eigenvalue weighted by Crippen LogP contribution is -1.89. The molecule has 0 unspecified atom stereocenters. The predicted octanol–water partition coefficient (Wildman–Crippen LogP) is 3.50. The Morgan fingerprint density at radius 3 is 3.00 bits per heavy atom. The summed E-state index contributed by atoms with van der Waals surface area (Å²) in [5, 5.41) is 9.71. The van der Waals surface area contributed by atoms with Gasteiger partial charge in [-0.1, -0.05) is 28.4 Å². The standard InChI is InChI=1S/C16H14ClN5O/c1-9-3-4-12-11(5-9)14(17)15(19-12)16-20-13(21-23-16)6-10-7-18-22(2)8-10/h3-5,7-8,19H,6H2,1-2H3. The topological polar surface area (TPSA) is 72.5 Å². The van der Waals surface area contributed by atoms with Crippen LogP contribution >= 0.6 is 11.6 Å². The molecule has 0 spiro atoms. The molecule has 116 valence electrons. The molecule has 0 amide bonds. The number of nitrogens with zero attached hydrogens (tertiary/aromatic N) is 4. The van der Waals surface area contributed by atoms with Gasteiger partial charge in [0, 0.05) is 30.6 Å². The highest BCUT2D eigenvalue weighted by Gasteiger charge is 2.17. The van der Waals surface area contributed by atoms with Gasteiger partial charge < -0.3 is 9.51 Å². The predicted molar refractivity (Wildman–Crippen MR) is 87.4 cm³/mol. The van der Waals surface area contributed by atoms with Crippen LogP contribution in [0.15, 0.2) is 35.1 Å². The van der Waals surface area contributed by atoms with Gasteiger partial charge in [0.05, 0.1) is 11.2 Å². The normalized spacial score (nSPS) is 11.4. The number of aromatic nitrogens is 5. The van der Waals surface area contributed by atoms with Gasteiger partial charge in [-0.3, -0.25) is 4.68 Å². The number of H-pyrrole nitrogens is 1. The van der Waals surface area contributed by atoms with Gasteiger partial charge in [0.15, 0.2) is 5.82 Å². The first-order chi connectivity index (χ1) is 11.1. The quantitative estimate of drug-likeness (QED) is 0.625. The summed E-state index contributed by atoms with van der Waals surface area (Å²) in [5.74, 6) is 0.988. The third-order valence-corrected chi connectivity index (χ3v) is 4.09. The van der Waals surface area contributed by atoms with Crippen molar-refractivity contribution >= 4 is 22.5 Å². The second-order valence-corrected chi connectivity index (χ2v) is 5.96. The molecule has 6 nitrogen and oxygen atoms in total. The number of hydrogen-bond donors (Lipinski definition) is 1. The summed E-state index contributed by atoms with van der Waals surface area (Å²) < 4.78 is 7.11. The highest BCUT2D eigenvalue weighted by Crippen LogP contribution is 2.34. The summed E-state index contributed by atoms with van der Waals surface area (Å²) in [6, 6.07) is 6.05. The van der Waals surface area contributed by atoms with E-state index in [1.807, 2.05) is 38.4 Å². The van der Waals surface area contributed by atoms with E-state index in [2.05, 4.69) is 20.2 Å². The van der Waals surface area contributed by atoms with Crippen molar-refractivity contribution in [1.82, 2.24) is 24.9 Å². The molecule has 1 N–H and O–H groups in total. The third-order valence-electron chi connectivity index (χ3n) is 3.69. The van der Waals surface area contributed by atoms with Gasteiger partial charge in [0.1, 0.15) is 5.69 Å². The summed E-state index contributed by atoms with van der Waals surface area (Å²) in [6.07, 6.45) is 4.28. The smallest absolute Gasteiger partial charge is 0.275 e. The summed E-state index contributed by atoms with van der Waals surface area (Å²) in [6.45, 7) is 2.03. The van der Waals surface area contributed by atoms with Crippen molar-refractivity contribution in [1.29, 1.82) is 0 Å². The lowest BCUT2D eigenvalue weighted by atomic mass is 10.2. The fourth-order valence-corrected chi connectivity index (χ4v) is 2.88. The van der Waals surface area contributed by atoms with Crippen LogP contribution in [0.2, 0.25) is 5.02 Å². The summed E-state index contributed by atoms with van der Waals surface area (Å²) in [4.78, 5) is 7.68. The zero-order valence-corrected chi connectivity index (χ0v) is 13.4. The first-order valence-corrected chi connectivity index (χ1v) is 7.56. The molecule has 0 saturated carbocycles. The second kappa shape index (κ2) is 5.24. The van der Waals surface area contributed by atoms with E-state index < -0.39 is 0 Å². The van der Waals surface area contributed by atoms with Crippen LogP contribution in [0.4, 0.5) is 0 Å². The Hall–Kier alpha value is -2.60. The van der Waals surface area contributed by atoms with Gasteiger partial charge in [-0.2, -0.15) is 10.1 Å². The molecular formula is C16H14ClN5O. The maximum atomic E-state index is 6.46. The van der Waals surface area contributed by atoms with Gasteiger partial charge >= 0.3 is 0 Å². The molecule has 0 aliphatic heterocycles. The molecule has 0 fully saturated rings. The van der Waals surface area contributed by atoms with E-state index in [9.17, 15) is 0 Å². The first kappa shape index (κ1) is 14.0. The Bertz CT molecular complexity index is 997. The monoisotopic (exact) mass is 327 g/mol. The Morgan fingerprint density at radius 2 is 2.22 bits per heavy atom. The maximum absolute atomic E-state index is 6.46. The fourth-order valence-electron chi connectivity index (χ4n) is 2.59. The van der Waals surface area contributed by atoms with Gasteiger partial charge in [0.25, 0.3) is 5.89 Å². The molecule has 0 aliphatic rings. The number of fused-ring (bicyclic) bond motifs is 1. The lowest BCUT2D eigenvalue weighted by molar-refractivity contribution is 0.423. The van der Waals surface area contributed by atoms with Crippen LogP contribution in [0.3, 0.4) is 0 Å². The first-order valence-electron chi connectivity index (χ1n) is 7.18. The minimum Gasteiger partial charge on any atom is -0.349 e. The Labute approximate surface area is 137 Å². The molecule has 0 radical (unpaired) electrons. The molecule has 0 bridgehead atoms. The summed E-state index contributed by atoms with van der Waals surface area (Å²) in [7, 11) is 1.87. The molecule has 1 aromatic carbocycles.